The summed E-state index contributed by atoms with van der Waals surface area (Å²) < 4.78 is 5.54. The molecule has 0 saturated heterocycles. The Kier molecular flexibility index (Phi) is 7.69. The Balaban J connectivity index is 1.93. The van der Waals surface area contributed by atoms with Crippen LogP contribution in [-0.4, -0.2) is 28.8 Å². The maximum atomic E-state index is 12.4. The number of rotatable bonds is 9. The Morgan fingerprint density at radius 1 is 1.12 bits per heavy atom. The standard InChI is InChI=1S/C20H23NO4S/c1-14(2)25-11-15-6-8-17(9-7-15)20(24)21-18-5-3-4-16(10-18)12-26-13-19(22)23/h3-10,14H,11-13H2,1-2H3,(H,21,24)(H,22,23). The maximum Gasteiger partial charge on any atom is 0.313 e. The Hall–Kier alpha value is -2.31. The molecule has 2 rings (SSSR count). The van der Waals surface area contributed by atoms with Gasteiger partial charge in [0.05, 0.1) is 18.5 Å². The average Bonchev–Trinajstić information content (AvgIpc) is 2.60. The number of carboxylic acids is 1. The van der Waals surface area contributed by atoms with Crippen molar-refractivity contribution in [3.05, 3.63) is 65.2 Å². The van der Waals surface area contributed by atoms with Crippen molar-refractivity contribution >= 4 is 29.3 Å². The highest BCUT2D eigenvalue weighted by molar-refractivity contribution is 7.99. The third kappa shape index (κ3) is 6.90. The van der Waals surface area contributed by atoms with E-state index in [1.54, 1.807) is 12.1 Å². The molecule has 5 nitrogen and oxygen atoms in total. The van der Waals surface area contributed by atoms with E-state index in [0.717, 1.165) is 11.1 Å². The van der Waals surface area contributed by atoms with Gasteiger partial charge in [-0.05, 0) is 49.2 Å². The quantitative estimate of drug-likeness (QED) is 0.690. The van der Waals surface area contributed by atoms with Gasteiger partial charge >= 0.3 is 5.97 Å². The molecule has 2 aromatic rings. The zero-order chi connectivity index (χ0) is 18.9. The molecule has 0 bridgehead atoms. The minimum atomic E-state index is -0.832. The number of carbonyl (C=O) groups is 2. The Labute approximate surface area is 157 Å². The van der Waals surface area contributed by atoms with Crippen LogP contribution in [0.1, 0.15) is 35.3 Å². The second-order valence-corrected chi connectivity index (χ2v) is 7.08. The number of ether oxygens (including phenoxy) is 1. The summed E-state index contributed by atoms with van der Waals surface area (Å²) in [5, 5.41) is 11.6. The zero-order valence-corrected chi connectivity index (χ0v) is 15.7. The van der Waals surface area contributed by atoms with Crippen LogP contribution in [-0.2, 0) is 21.9 Å². The number of nitrogens with one attached hydrogen (secondary N) is 1. The Morgan fingerprint density at radius 2 is 1.85 bits per heavy atom. The van der Waals surface area contributed by atoms with E-state index in [1.807, 2.05) is 50.2 Å². The molecular weight excluding hydrogens is 350 g/mol. The van der Waals surface area contributed by atoms with Crippen LogP contribution in [0.5, 0.6) is 0 Å². The predicted octanol–water partition coefficient (Wildman–Crippen LogP) is 4.18. The van der Waals surface area contributed by atoms with Gasteiger partial charge in [-0.2, -0.15) is 0 Å². The fourth-order valence-electron chi connectivity index (χ4n) is 2.21. The van der Waals surface area contributed by atoms with Crippen LogP contribution in [0.4, 0.5) is 5.69 Å². The van der Waals surface area contributed by atoms with Gasteiger partial charge in [0.25, 0.3) is 5.91 Å². The van der Waals surface area contributed by atoms with Crippen molar-refractivity contribution in [2.45, 2.75) is 32.3 Å². The number of anilines is 1. The minimum Gasteiger partial charge on any atom is -0.481 e. The highest BCUT2D eigenvalue weighted by Gasteiger charge is 2.07. The SMILES string of the molecule is CC(C)OCc1ccc(C(=O)Nc2cccc(CSCC(=O)O)c2)cc1. The van der Waals surface area contributed by atoms with Gasteiger partial charge in [0.15, 0.2) is 0 Å². The van der Waals surface area contributed by atoms with Crippen LogP contribution < -0.4 is 5.32 Å². The summed E-state index contributed by atoms with van der Waals surface area (Å²) in [6.07, 6.45) is 0.166. The summed E-state index contributed by atoms with van der Waals surface area (Å²) in [6, 6.07) is 14.8. The molecular formula is C20H23NO4S. The topological polar surface area (TPSA) is 75.6 Å². The molecule has 0 fully saturated rings. The molecule has 0 unspecified atom stereocenters. The number of carbonyl (C=O) groups excluding carboxylic acids is 1. The maximum absolute atomic E-state index is 12.4. The van der Waals surface area contributed by atoms with Gasteiger partial charge in [0, 0.05) is 17.0 Å². The highest BCUT2D eigenvalue weighted by atomic mass is 32.2. The van der Waals surface area contributed by atoms with Crippen molar-refractivity contribution < 1.29 is 19.4 Å². The molecule has 0 atom stereocenters. The van der Waals surface area contributed by atoms with E-state index in [4.69, 9.17) is 9.84 Å². The van der Waals surface area contributed by atoms with Crippen LogP contribution in [0.15, 0.2) is 48.5 Å². The monoisotopic (exact) mass is 373 g/mol. The first-order valence-corrected chi connectivity index (χ1v) is 9.50. The van der Waals surface area contributed by atoms with E-state index < -0.39 is 5.97 Å². The van der Waals surface area contributed by atoms with Gasteiger partial charge in [-0.3, -0.25) is 9.59 Å². The lowest BCUT2D eigenvalue weighted by Gasteiger charge is -2.09. The van der Waals surface area contributed by atoms with E-state index in [1.165, 1.54) is 11.8 Å². The van der Waals surface area contributed by atoms with Gasteiger partial charge in [0.1, 0.15) is 0 Å². The summed E-state index contributed by atoms with van der Waals surface area (Å²) in [5.41, 5.74) is 3.25. The molecule has 6 heteroatoms. The van der Waals surface area contributed by atoms with Crippen molar-refractivity contribution in [2.24, 2.45) is 0 Å². The molecule has 0 spiro atoms. The number of aliphatic carboxylic acids is 1. The van der Waals surface area contributed by atoms with Crippen molar-refractivity contribution in [1.82, 2.24) is 0 Å². The molecule has 0 radical (unpaired) electrons. The lowest BCUT2D eigenvalue weighted by Crippen LogP contribution is -2.12. The van der Waals surface area contributed by atoms with Crippen molar-refractivity contribution in [3.8, 4) is 0 Å². The van der Waals surface area contributed by atoms with E-state index in [2.05, 4.69) is 5.32 Å². The number of carboxylic acid groups (broad SMARTS) is 1. The largest absolute Gasteiger partial charge is 0.481 e. The van der Waals surface area contributed by atoms with Gasteiger partial charge < -0.3 is 15.2 Å². The predicted molar refractivity (Wildman–Crippen MR) is 105 cm³/mol. The molecule has 2 aromatic carbocycles. The lowest BCUT2D eigenvalue weighted by atomic mass is 10.1. The van der Waals surface area contributed by atoms with Gasteiger partial charge in [0.2, 0.25) is 0 Å². The summed E-state index contributed by atoms with van der Waals surface area (Å²) in [6.45, 7) is 4.49. The molecule has 0 aliphatic carbocycles. The van der Waals surface area contributed by atoms with E-state index in [-0.39, 0.29) is 17.8 Å². The zero-order valence-electron chi connectivity index (χ0n) is 14.9. The molecule has 0 aliphatic heterocycles. The number of thioether (sulfide) groups is 1. The third-order valence-corrected chi connectivity index (χ3v) is 4.47. The first-order chi connectivity index (χ1) is 12.4. The van der Waals surface area contributed by atoms with Crippen molar-refractivity contribution in [1.29, 1.82) is 0 Å². The Bertz CT molecular complexity index is 744. The van der Waals surface area contributed by atoms with Crippen molar-refractivity contribution in [3.63, 3.8) is 0 Å². The number of benzene rings is 2. The summed E-state index contributed by atoms with van der Waals surface area (Å²) in [5.74, 6) is -0.373. The van der Waals surface area contributed by atoms with E-state index in [9.17, 15) is 9.59 Å². The first kappa shape index (κ1) is 20.0. The highest BCUT2D eigenvalue weighted by Crippen LogP contribution is 2.17. The smallest absolute Gasteiger partial charge is 0.313 e. The molecule has 0 heterocycles. The lowest BCUT2D eigenvalue weighted by molar-refractivity contribution is -0.133. The third-order valence-electron chi connectivity index (χ3n) is 3.48. The van der Waals surface area contributed by atoms with E-state index >= 15 is 0 Å². The van der Waals surface area contributed by atoms with Crippen LogP contribution in [0.2, 0.25) is 0 Å². The van der Waals surface area contributed by atoms with Crippen LogP contribution in [0.25, 0.3) is 0 Å². The summed E-state index contributed by atoms with van der Waals surface area (Å²) in [4.78, 5) is 23.0. The van der Waals surface area contributed by atoms with Crippen LogP contribution in [0, 0.1) is 0 Å². The molecule has 1 amide bonds. The molecule has 0 aromatic heterocycles. The molecule has 138 valence electrons. The second kappa shape index (κ2) is 9.99. The summed E-state index contributed by atoms with van der Waals surface area (Å²) in [7, 11) is 0. The average molecular weight is 373 g/mol. The Morgan fingerprint density at radius 3 is 2.50 bits per heavy atom. The van der Waals surface area contributed by atoms with Crippen LogP contribution in [0.3, 0.4) is 0 Å². The fraction of sp³-hybridized carbons (Fsp3) is 0.300. The van der Waals surface area contributed by atoms with Crippen LogP contribution >= 0.6 is 11.8 Å². The fourth-order valence-corrected chi connectivity index (χ4v) is 2.91. The van der Waals surface area contributed by atoms with Gasteiger partial charge in [-0.15, -0.1) is 11.8 Å². The van der Waals surface area contributed by atoms with Gasteiger partial charge in [-0.1, -0.05) is 24.3 Å². The number of amides is 1. The number of hydrogen-bond donors (Lipinski definition) is 2. The second-order valence-electron chi connectivity index (χ2n) is 6.10. The van der Waals surface area contributed by atoms with E-state index in [0.29, 0.717) is 23.6 Å². The normalized spacial score (nSPS) is 10.7. The molecule has 0 saturated carbocycles. The first-order valence-electron chi connectivity index (χ1n) is 8.34. The molecule has 0 aliphatic rings. The minimum absolute atomic E-state index is 0.0590. The van der Waals surface area contributed by atoms with Gasteiger partial charge in [-0.25, -0.2) is 0 Å². The summed E-state index contributed by atoms with van der Waals surface area (Å²) >= 11 is 1.32. The van der Waals surface area contributed by atoms with Crippen molar-refractivity contribution in [2.75, 3.05) is 11.1 Å². The number of hydrogen-bond acceptors (Lipinski definition) is 4. The molecule has 2 N–H and O–H groups in total. The molecule has 26 heavy (non-hydrogen) atoms.